The van der Waals surface area contributed by atoms with E-state index in [4.69, 9.17) is 0 Å². The molecule has 0 radical (unpaired) electrons. The van der Waals surface area contributed by atoms with E-state index in [1.165, 1.54) is 6.20 Å². The van der Waals surface area contributed by atoms with Crippen LogP contribution in [0.4, 0.5) is 0 Å². The van der Waals surface area contributed by atoms with Crippen LogP contribution in [-0.2, 0) is 10.8 Å². The molecule has 0 aliphatic heterocycles. The molecule has 1 amide bonds. The summed E-state index contributed by atoms with van der Waals surface area (Å²) in [4.78, 5) is 19.6. The van der Waals surface area contributed by atoms with E-state index >= 15 is 0 Å². The molecule has 0 aromatic carbocycles. The number of hydrogen-bond donors (Lipinski definition) is 1. The Kier molecular flexibility index (Phi) is 4.95. The maximum atomic E-state index is 11.8. The van der Waals surface area contributed by atoms with Gasteiger partial charge in [0.05, 0.1) is 11.9 Å². The van der Waals surface area contributed by atoms with Gasteiger partial charge in [0.1, 0.15) is 5.69 Å². The Hall–Kier alpha value is -1.30. The normalized spacial score (nSPS) is 13.1. The lowest BCUT2D eigenvalue weighted by atomic mass is 10.3. The summed E-state index contributed by atoms with van der Waals surface area (Å²) in [5, 5.41) is 2.69. The first-order valence-electron chi connectivity index (χ1n) is 5.76. The lowest BCUT2D eigenvalue weighted by Crippen LogP contribution is -2.33. The summed E-state index contributed by atoms with van der Waals surface area (Å²) in [5.74, 6) is 0.155. The van der Waals surface area contributed by atoms with Crippen molar-refractivity contribution >= 4 is 16.7 Å². The zero-order valence-electron chi connectivity index (χ0n) is 11.2. The Labute approximate surface area is 110 Å². The molecular formula is C12H19N3O2S. The van der Waals surface area contributed by atoms with E-state index in [2.05, 4.69) is 15.3 Å². The molecule has 6 heteroatoms. The summed E-state index contributed by atoms with van der Waals surface area (Å²) in [6, 6.07) is 0. The predicted molar refractivity (Wildman–Crippen MR) is 71.9 cm³/mol. The smallest absolute Gasteiger partial charge is 0.271 e. The largest absolute Gasteiger partial charge is 0.350 e. The second-order valence-electron chi connectivity index (χ2n) is 4.96. The lowest BCUT2D eigenvalue weighted by molar-refractivity contribution is 0.0950. The van der Waals surface area contributed by atoms with Crippen LogP contribution in [0.15, 0.2) is 12.4 Å². The predicted octanol–water partition coefficient (Wildman–Crippen LogP) is 1.06. The van der Waals surface area contributed by atoms with Gasteiger partial charge in [-0.05, 0) is 27.7 Å². The first-order valence-corrected chi connectivity index (χ1v) is 7.08. The van der Waals surface area contributed by atoms with Gasteiger partial charge in [-0.2, -0.15) is 0 Å². The molecule has 18 heavy (non-hydrogen) atoms. The third-order valence-electron chi connectivity index (χ3n) is 2.27. The number of amides is 1. The van der Waals surface area contributed by atoms with Gasteiger partial charge in [-0.3, -0.25) is 14.0 Å². The van der Waals surface area contributed by atoms with Gasteiger partial charge >= 0.3 is 0 Å². The summed E-state index contributed by atoms with van der Waals surface area (Å²) in [5.41, 5.74) is 1.04. The van der Waals surface area contributed by atoms with Crippen LogP contribution in [-0.4, -0.2) is 37.1 Å². The molecule has 100 valence electrons. The molecular weight excluding hydrogens is 250 g/mol. The van der Waals surface area contributed by atoms with Gasteiger partial charge in [-0.15, -0.1) is 0 Å². The third kappa shape index (κ3) is 4.52. The van der Waals surface area contributed by atoms with Crippen molar-refractivity contribution in [2.24, 2.45) is 0 Å². The Balaban J connectivity index is 2.43. The molecule has 0 fully saturated rings. The van der Waals surface area contributed by atoms with Crippen LogP contribution in [0.1, 0.15) is 37.0 Å². The van der Waals surface area contributed by atoms with E-state index in [1.807, 2.05) is 20.8 Å². The Morgan fingerprint density at radius 1 is 1.33 bits per heavy atom. The van der Waals surface area contributed by atoms with Crippen LogP contribution in [0, 0.1) is 6.92 Å². The highest BCUT2D eigenvalue weighted by Crippen LogP contribution is 2.10. The number of nitrogens with zero attached hydrogens (tertiary/aromatic N) is 2. The molecule has 0 saturated heterocycles. The van der Waals surface area contributed by atoms with Gasteiger partial charge < -0.3 is 5.32 Å². The second kappa shape index (κ2) is 6.04. The molecule has 1 aromatic heterocycles. The van der Waals surface area contributed by atoms with E-state index < -0.39 is 10.8 Å². The molecule has 1 rings (SSSR count). The molecule has 0 aliphatic rings. The van der Waals surface area contributed by atoms with Crippen LogP contribution in [0.25, 0.3) is 0 Å². The van der Waals surface area contributed by atoms with Crippen molar-refractivity contribution in [1.82, 2.24) is 15.3 Å². The fourth-order valence-corrected chi connectivity index (χ4v) is 2.06. The van der Waals surface area contributed by atoms with Crippen molar-refractivity contribution in [3.63, 3.8) is 0 Å². The van der Waals surface area contributed by atoms with E-state index in [1.54, 1.807) is 13.1 Å². The Bertz CT molecular complexity index is 438. The van der Waals surface area contributed by atoms with Crippen molar-refractivity contribution < 1.29 is 9.00 Å². The van der Waals surface area contributed by atoms with Crippen molar-refractivity contribution in [1.29, 1.82) is 0 Å². The maximum absolute atomic E-state index is 11.8. The monoisotopic (exact) mass is 269 g/mol. The van der Waals surface area contributed by atoms with Crippen molar-refractivity contribution in [3.05, 3.63) is 23.8 Å². The SMILES string of the molecule is Cc1cnc(C(=O)NCC[S@](=O)C(C)(C)C)cn1. The van der Waals surface area contributed by atoms with Gasteiger partial charge in [0.2, 0.25) is 0 Å². The minimum Gasteiger partial charge on any atom is -0.350 e. The first-order chi connectivity index (χ1) is 8.30. The van der Waals surface area contributed by atoms with E-state index in [-0.39, 0.29) is 16.3 Å². The molecule has 1 N–H and O–H groups in total. The highest BCUT2D eigenvalue weighted by Gasteiger charge is 2.19. The minimum absolute atomic E-state index is 0.256. The number of carbonyl (C=O) groups is 1. The molecule has 0 spiro atoms. The van der Waals surface area contributed by atoms with Gasteiger partial charge in [0, 0.05) is 34.0 Å². The third-order valence-corrected chi connectivity index (χ3v) is 4.21. The quantitative estimate of drug-likeness (QED) is 0.887. The zero-order valence-corrected chi connectivity index (χ0v) is 12.0. The van der Waals surface area contributed by atoms with Crippen LogP contribution in [0.3, 0.4) is 0 Å². The Morgan fingerprint density at radius 2 is 2.00 bits per heavy atom. The van der Waals surface area contributed by atoms with Gasteiger partial charge in [-0.1, -0.05) is 0 Å². The van der Waals surface area contributed by atoms with Gasteiger partial charge in [-0.25, -0.2) is 4.98 Å². The fourth-order valence-electron chi connectivity index (χ4n) is 1.16. The summed E-state index contributed by atoms with van der Waals surface area (Å²) < 4.78 is 11.5. The van der Waals surface area contributed by atoms with Crippen molar-refractivity contribution in [2.45, 2.75) is 32.4 Å². The van der Waals surface area contributed by atoms with Crippen molar-refractivity contribution in [2.75, 3.05) is 12.3 Å². The lowest BCUT2D eigenvalue weighted by Gasteiger charge is -2.17. The summed E-state index contributed by atoms with van der Waals surface area (Å²) >= 11 is 0. The number of aryl methyl sites for hydroxylation is 1. The molecule has 1 atom stereocenters. The van der Waals surface area contributed by atoms with E-state index in [0.717, 1.165) is 5.69 Å². The average Bonchev–Trinajstić information content (AvgIpc) is 2.28. The Morgan fingerprint density at radius 3 is 2.50 bits per heavy atom. The number of hydrogen-bond acceptors (Lipinski definition) is 4. The van der Waals surface area contributed by atoms with Gasteiger partial charge in [0.15, 0.2) is 0 Å². The highest BCUT2D eigenvalue weighted by atomic mass is 32.2. The standard InChI is InChI=1S/C12H19N3O2S/c1-9-7-15-10(8-14-9)11(16)13-5-6-18(17)12(2,3)4/h7-8H,5-6H2,1-4H3,(H,13,16)/t18-/m0/s1. The highest BCUT2D eigenvalue weighted by molar-refractivity contribution is 7.86. The summed E-state index contributed by atoms with van der Waals surface area (Å²) in [6.45, 7) is 7.92. The van der Waals surface area contributed by atoms with Crippen LogP contribution in [0.5, 0.6) is 0 Å². The average molecular weight is 269 g/mol. The molecule has 1 heterocycles. The minimum atomic E-state index is -0.965. The summed E-state index contributed by atoms with van der Waals surface area (Å²) in [7, 11) is -0.965. The van der Waals surface area contributed by atoms with E-state index in [9.17, 15) is 9.00 Å². The number of rotatable bonds is 4. The number of nitrogens with one attached hydrogen (secondary N) is 1. The fraction of sp³-hybridized carbons (Fsp3) is 0.583. The number of aromatic nitrogens is 2. The number of carbonyl (C=O) groups excluding carboxylic acids is 1. The molecule has 0 saturated carbocycles. The molecule has 0 aliphatic carbocycles. The van der Waals surface area contributed by atoms with E-state index in [0.29, 0.717) is 12.3 Å². The van der Waals surface area contributed by atoms with Gasteiger partial charge in [0.25, 0.3) is 5.91 Å². The van der Waals surface area contributed by atoms with Crippen LogP contribution in [0.2, 0.25) is 0 Å². The maximum Gasteiger partial charge on any atom is 0.271 e. The zero-order chi connectivity index (χ0) is 13.8. The molecule has 0 unspecified atom stereocenters. The molecule has 1 aromatic rings. The summed E-state index contributed by atoms with van der Waals surface area (Å²) in [6.07, 6.45) is 2.98. The topological polar surface area (TPSA) is 72.0 Å². The second-order valence-corrected chi connectivity index (χ2v) is 7.28. The molecule has 0 bridgehead atoms. The van der Waals surface area contributed by atoms with Crippen LogP contribution < -0.4 is 5.32 Å². The van der Waals surface area contributed by atoms with Crippen LogP contribution >= 0.6 is 0 Å². The first kappa shape index (κ1) is 14.8. The molecule has 5 nitrogen and oxygen atoms in total. The van der Waals surface area contributed by atoms with Crippen molar-refractivity contribution in [3.8, 4) is 0 Å².